The Morgan fingerprint density at radius 3 is 2.57 bits per heavy atom. The number of aromatic nitrogens is 3. The number of methoxy groups -OCH3 is 1. The van der Waals surface area contributed by atoms with E-state index in [-0.39, 0.29) is 0 Å². The minimum absolute atomic E-state index is 0.453. The van der Waals surface area contributed by atoms with Crippen LogP contribution in [0, 0.1) is 6.92 Å². The van der Waals surface area contributed by atoms with E-state index in [1.54, 1.807) is 7.11 Å². The van der Waals surface area contributed by atoms with E-state index < -0.39 is 0 Å². The number of thioether (sulfide) groups is 1. The Balaban J connectivity index is 2.07. The predicted molar refractivity (Wildman–Crippen MR) is 117 cm³/mol. The third-order valence-electron chi connectivity index (χ3n) is 5.32. The fourth-order valence-corrected chi connectivity index (χ4v) is 4.02. The van der Waals surface area contributed by atoms with Gasteiger partial charge in [0.15, 0.2) is 11.8 Å². The van der Waals surface area contributed by atoms with Crippen molar-refractivity contribution in [2.45, 2.75) is 45.8 Å². The number of aryl methyl sites for hydroxylation is 1. The quantitative estimate of drug-likeness (QED) is 0.374. The van der Waals surface area contributed by atoms with E-state index in [9.17, 15) is 0 Å². The number of ether oxygens (including phenoxy) is 1. The summed E-state index contributed by atoms with van der Waals surface area (Å²) in [5.41, 5.74) is 0. The van der Waals surface area contributed by atoms with Gasteiger partial charge in [0.2, 0.25) is 0 Å². The average Bonchev–Trinajstić information content (AvgIpc) is 2.99. The van der Waals surface area contributed by atoms with Crippen LogP contribution in [-0.2, 0) is 18.3 Å². The van der Waals surface area contributed by atoms with Gasteiger partial charge in [0.1, 0.15) is 12.4 Å². The first-order valence-electron chi connectivity index (χ1n) is 10.1. The van der Waals surface area contributed by atoms with E-state index in [0.717, 1.165) is 62.6 Å². The third kappa shape index (κ3) is 6.35. The molecule has 0 aromatic carbocycles. The third-order valence-corrected chi connectivity index (χ3v) is 6.01. The van der Waals surface area contributed by atoms with Gasteiger partial charge in [-0.1, -0.05) is 0 Å². The lowest BCUT2D eigenvalue weighted by molar-refractivity contribution is 0.0443. The van der Waals surface area contributed by atoms with Crippen LogP contribution in [0.2, 0.25) is 0 Å². The van der Waals surface area contributed by atoms with Crippen LogP contribution in [0.1, 0.15) is 31.9 Å². The molecule has 0 amide bonds. The van der Waals surface area contributed by atoms with E-state index in [0.29, 0.717) is 18.6 Å². The minimum atomic E-state index is 0.453. The summed E-state index contributed by atoms with van der Waals surface area (Å²) in [6.45, 7) is 11.7. The van der Waals surface area contributed by atoms with Crippen molar-refractivity contribution in [3.63, 3.8) is 0 Å². The van der Waals surface area contributed by atoms with Gasteiger partial charge in [0, 0.05) is 52.4 Å². The highest BCUT2D eigenvalue weighted by Crippen LogP contribution is 2.16. The smallest absolute Gasteiger partial charge is 0.194 e. The molecule has 28 heavy (non-hydrogen) atoms. The van der Waals surface area contributed by atoms with Crippen molar-refractivity contribution in [1.82, 2.24) is 29.9 Å². The zero-order valence-electron chi connectivity index (χ0n) is 18.3. The Morgan fingerprint density at radius 1 is 1.29 bits per heavy atom. The highest BCUT2D eigenvalue weighted by atomic mass is 32.2. The average molecular weight is 412 g/mol. The Labute approximate surface area is 174 Å². The number of nitrogens with zero attached hydrogens (tertiary/aromatic N) is 6. The Hall–Kier alpha value is -1.32. The van der Waals surface area contributed by atoms with Crippen molar-refractivity contribution in [2.75, 3.05) is 51.9 Å². The molecule has 9 heteroatoms. The zero-order valence-corrected chi connectivity index (χ0v) is 19.1. The number of guanidine groups is 1. The molecule has 2 unspecified atom stereocenters. The Morgan fingerprint density at radius 2 is 2.00 bits per heavy atom. The van der Waals surface area contributed by atoms with E-state index in [4.69, 9.17) is 9.73 Å². The highest BCUT2D eigenvalue weighted by Gasteiger charge is 2.30. The molecule has 160 valence electrons. The first-order chi connectivity index (χ1) is 13.5. The summed E-state index contributed by atoms with van der Waals surface area (Å²) in [6, 6.07) is 0.906. The van der Waals surface area contributed by atoms with Crippen LogP contribution in [0.4, 0.5) is 0 Å². The topological polar surface area (TPSA) is 70.8 Å². The molecule has 1 aromatic heterocycles. The van der Waals surface area contributed by atoms with Crippen molar-refractivity contribution in [2.24, 2.45) is 12.0 Å². The van der Waals surface area contributed by atoms with Gasteiger partial charge in [0.05, 0.1) is 6.61 Å². The van der Waals surface area contributed by atoms with Gasteiger partial charge in [-0.25, -0.2) is 4.99 Å². The van der Waals surface area contributed by atoms with E-state index >= 15 is 0 Å². The molecule has 2 atom stereocenters. The molecule has 1 fully saturated rings. The molecule has 2 rings (SSSR count). The molecule has 1 saturated heterocycles. The van der Waals surface area contributed by atoms with Crippen LogP contribution in [0.3, 0.4) is 0 Å². The van der Waals surface area contributed by atoms with Gasteiger partial charge >= 0.3 is 0 Å². The summed E-state index contributed by atoms with van der Waals surface area (Å²) >= 11 is 1.88. The maximum atomic E-state index is 5.28. The van der Waals surface area contributed by atoms with Gasteiger partial charge in [-0.05, 0) is 39.2 Å². The number of aliphatic imine (C=N–C) groups is 1. The number of hydrogen-bond donors (Lipinski definition) is 1. The van der Waals surface area contributed by atoms with Gasteiger partial charge < -0.3 is 19.5 Å². The number of nitrogens with one attached hydrogen (secondary N) is 1. The molecule has 0 bridgehead atoms. The van der Waals surface area contributed by atoms with Gasteiger partial charge in [-0.3, -0.25) is 4.90 Å². The van der Waals surface area contributed by atoms with E-state index in [1.807, 2.05) is 30.3 Å². The molecule has 1 aliphatic heterocycles. The first kappa shape index (κ1) is 23.0. The van der Waals surface area contributed by atoms with Crippen LogP contribution < -0.4 is 5.32 Å². The zero-order chi connectivity index (χ0) is 20.5. The fraction of sp³-hybridized carbons (Fsp3) is 0.842. The molecule has 8 nitrogen and oxygen atoms in total. The van der Waals surface area contributed by atoms with Crippen LogP contribution in [0.5, 0.6) is 0 Å². The molecule has 1 aromatic rings. The summed E-state index contributed by atoms with van der Waals surface area (Å²) < 4.78 is 7.29. The summed E-state index contributed by atoms with van der Waals surface area (Å²) in [6.07, 6.45) is 3.27. The molecule has 0 saturated carbocycles. The van der Waals surface area contributed by atoms with Crippen molar-refractivity contribution in [1.29, 1.82) is 0 Å². The monoisotopic (exact) mass is 411 g/mol. The second kappa shape index (κ2) is 11.6. The fourth-order valence-electron chi connectivity index (χ4n) is 3.59. The van der Waals surface area contributed by atoms with Crippen molar-refractivity contribution < 1.29 is 4.74 Å². The van der Waals surface area contributed by atoms with Crippen LogP contribution >= 0.6 is 11.8 Å². The minimum Gasteiger partial charge on any atom is -0.383 e. The Kier molecular flexibility index (Phi) is 9.53. The maximum Gasteiger partial charge on any atom is 0.194 e. The van der Waals surface area contributed by atoms with E-state index in [1.165, 1.54) is 0 Å². The predicted octanol–water partition coefficient (Wildman–Crippen LogP) is 1.36. The Bertz CT molecular complexity index is 609. The summed E-state index contributed by atoms with van der Waals surface area (Å²) in [5.74, 6) is 3.93. The van der Waals surface area contributed by atoms with E-state index in [2.05, 4.69) is 45.4 Å². The van der Waals surface area contributed by atoms with Crippen LogP contribution in [0.25, 0.3) is 0 Å². The number of hydrogen-bond acceptors (Lipinski definition) is 6. The summed E-state index contributed by atoms with van der Waals surface area (Å²) in [4.78, 5) is 9.82. The second-order valence-electron chi connectivity index (χ2n) is 7.47. The van der Waals surface area contributed by atoms with Gasteiger partial charge in [0.25, 0.3) is 0 Å². The summed E-state index contributed by atoms with van der Waals surface area (Å²) in [7, 11) is 3.76. The standard InChI is InChI=1S/C19H37N7OS/c1-15-13-25(14-16(2)26(15)9-10-27-5)19(20-8-7-11-28-6)21-12-18-23-22-17(3)24(18)4/h15-16H,7-14H2,1-6H3,(H,20,21). The van der Waals surface area contributed by atoms with Crippen molar-refractivity contribution >= 4 is 17.7 Å². The van der Waals surface area contributed by atoms with Gasteiger partial charge in [-0.15, -0.1) is 10.2 Å². The largest absolute Gasteiger partial charge is 0.383 e. The number of rotatable bonds is 9. The first-order valence-corrected chi connectivity index (χ1v) is 11.5. The second-order valence-corrected chi connectivity index (χ2v) is 8.45. The molecular weight excluding hydrogens is 374 g/mol. The summed E-state index contributed by atoms with van der Waals surface area (Å²) in [5, 5.41) is 12.0. The lowest BCUT2D eigenvalue weighted by atomic mass is 10.1. The molecule has 0 radical (unpaired) electrons. The lowest BCUT2D eigenvalue weighted by Crippen LogP contribution is -2.60. The molecule has 0 spiro atoms. The molecule has 1 aliphatic rings. The van der Waals surface area contributed by atoms with Crippen LogP contribution in [0.15, 0.2) is 4.99 Å². The highest BCUT2D eigenvalue weighted by molar-refractivity contribution is 7.98. The maximum absolute atomic E-state index is 5.28. The molecule has 1 N–H and O–H groups in total. The van der Waals surface area contributed by atoms with Gasteiger partial charge in [-0.2, -0.15) is 11.8 Å². The van der Waals surface area contributed by atoms with Crippen LogP contribution in [-0.4, -0.2) is 94.5 Å². The number of piperazine rings is 1. The molecule has 2 heterocycles. The SMILES string of the molecule is COCCN1C(C)CN(C(=NCc2nnc(C)n2C)NCCCSC)CC1C. The van der Waals surface area contributed by atoms with Crippen molar-refractivity contribution in [3.8, 4) is 0 Å². The van der Waals surface area contributed by atoms with Crippen molar-refractivity contribution in [3.05, 3.63) is 11.6 Å². The lowest BCUT2D eigenvalue weighted by Gasteiger charge is -2.45. The molecule has 0 aliphatic carbocycles. The molecular formula is C19H37N7OS. The normalized spacial score (nSPS) is 21.4.